The van der Waals surface area contributed by atoms with Crippen molar-refractivity contribution in [3.63, 3.8) is 0 Å². The smallest absolute Gasteiger partial charge is 0.266 e. The summed E-state index contributed by atoms with van der Waals surface area (Å²) in [4.78, 5) is 62.0. The fourth-order valence-corrected chi connectivity index (χ4v) is 3.52. The number of nitrogens with one attached hydrogen (secondary N) is 2. The second-order valence-electron chi connectivity index (χ2n) is 7.65. The van der Waals surface area contributed by atoms with E-state index in [1.807, 2.05) is 12.2 Å². The zero-order chi connectivity index (χ0) is 26.3. The minimum absolute atomic E-state index is 0.0250. The molecular formula is C24H33N3O9. The van der Waals surface area contributed by atoms with E-state index < -0.39 is 29.7 Å². The van der Waals surface area contributed by atoms with Crippen molar-refractivity contribution in [2.75, 3.05) is 52.8 Å². The van der Waals surface area contributed by atoms with Crippen LogP contribution in [0.5, 0.6) is 5.75 Å². The Balaban J connectivity index is 1.85. The maximum Gasteiger partial charge on any atom is 0.266 e. The average Bonchev–Trinajstić information content (AvgIpc) is 3.12. The van der Waals surface area contributed by atoms with Crippen molar-refractivity contribution >= 4 is 30.0 Å². The maximum atomic E-state index is 13.1. The van der Waals surface area contributed by atoms with E-state index in [0.717, 1.165) is 4.90 Å². The lowest BCUT2D eigenvalue weighted by Gasteiger charge is -2.24. The first-order valence-electron chi connectivity index (χ1n) is 11.8. The van der Waals surface area contributed by atoms with Gasteiger partial charge in [-0.25, -0.2) is 0 Å². The lowest BCUT2D eigenvalue weighted by atomic mass is 10.1. The first kappa shape index (κ1) is 28.9. The number of imide groups is 2. The van der Waals surface area contributed by atoms with E-state index in [4.69, 9.17) is 18.9 Å². The Labute approximate surface area is 209 Å². The predicted octanol–water partition coefficient (Wildman–Crippen LogP) is 0.289. The predicted molar refractivity (Wildman–Crippen MR) is 126 cm³/mol. The van der Waals surface area contributed by atoms with E-state index >= 15 is 0 Å². The van der Waals surface area contributed by atoms with E-state index in [9.17, 15) is 24.0 Å². The molecule has 0 saturated carbocycles. The summed E-state index contributed by atoms with van der Waals surface area (Å²) in [7, 11) is 0. The molecule has 0 radical (unpaired) electrons. The van der Waals surface area contributed by atoms with Gasteiger partial charge in [0.05, 0.1) is 44.2 Å². The number of nitrogens with zero attached hydrogens (tertiary/aromatic N) is 1. The maximum absolute atomic E-state index is 13.1. The van der Waals surface area contributed by atoms with Gasteiger partial charge in [0.1, 0.15) is 11.8 Å². The summed E-state index contributed by atoms with van der Waals surface area (Å²) in [6.07, 6.45) is 0.892. The Bertz CT molecular complexity index is 922. The molecule has 1 atom stereocenters. The third kappa shape index (κ3) is 8.11. The molecule has 2 rings (SSSR count). The van der Waals surface area contributed by atoms with Crippen molar-refractivity contribution in [2.45, 2.75) is 32.7 Å². The molecule has 0 bridgehead atoms. The summed E-state index contributed by atoms with van der Waals surface area (Å²) < 4.78 is 21.4. The minimum atomic E-state index is -1.14. The number of carbonyl (C=O) groups is 5. The van der Waals surface area contributed by atoms with Gasteiger partial charge in [0, 0.05) is 13.2 Å². The molecule has 1 aromatic carbocycles. The molecule has 0 spiro atoms. The van der Waals surface area contributed by atoms with Crippen LogP contribution < -0.4 is 15.4 Å². The first-order valence-corrected chi connectivity index (χ1v) is 11.8. The summed E-state index contributed by atoms with van der Waals surface area (Å²) in [6.45, 7) is 6.31. The highest BCUT2D eigenvalue weighted by Crippen LogP contribution is 2.33. The molecule has 12 heteroatoms. The monoisotopic (exact) mass is 507 g/mol. The third-order valence-electron chi connectivity index (χ3n) is 5.16. The molecule has 5 amide bonds. The number of carbonyl (C=O) groups excluding carboxylic acids is 5. The molecule has 36 heavy (non-hydrogen) atoms. The number of fused-ring (bicyclic) bond motifs is 1. The van der Waals surface area contributed by atoms with Crippen molar-refractivity contribution in [1.82, 2.24) is 15.5 Å². The summed E-state index contributed by atoms with van der Waals surface area (Å²) in [5.74, 6) is -2.52. The van der Waals surface area contributed by atoms with Gasteiger partial charge in [-0.05, 0) is 25.5 Å². The molecule has 0 fully saturated rings. The Morgan fingerprint density at radius 3 is 2.36 bits per heavy atom. The highest BCUT2D eigenvalue weighted by Gasteiger charge is 2.44. The number of ether oxygens (including phenoxy) is 4. The fraction of sp³-hybridized carbons (Fsp3) is 0.542. The van der Waals surface area contributed by atoms with Gasteiger partial charge in [0.15, 0.2) is 6.61 Å². The summed E-state index contributed by atoms with van der Waals surface area (Å²) in [5.41, 5.74) is 0.0396. The molecule has 1 aliphatic rings. The SMILES string of the molecule is CCCC(C(=O)NC=O)N1C(=O)c2cccc(OCC(=O)NCCOCCOCCOCC)c2C1=O. The molecule has 1 heterocycles. The standard InChI is InChI=1S/C24H33N3O9/c1-3-6-18(22(30)26-16-28)27-23(31)17-7-5-8-19(21(17)24(27)32)36-15-20(29)25-9-10-34-13-14-35-12-11-33-4-2/h5,7-8,16,18H,3-4,6,9-15H2,1-2H3,(H,25,29)(H,26,28,30). The van der Waals surface area contributed by atoms with Crippen molar-refractivity contribution in [2.24, 2.45) is 0 Å². The molecule has 0 aliphatic carbocycles. The van der Waals surface area contributed by atoms with E-state index in [0.29, 0.717) is 39.5 Å². The van der Waals surface area contributed by atoms with Crippen LogP contribution in [-0.2, 0) is 28.6 Å². The van der Waals surface area contributed by atoms with Gasteiger partial charge in [-0.2, -0.15) is 0 Å². The topological polar surface area (TPSA) is 150 Å². The van der Waals surface area contributed by atoms with Gasteiger partial charge >= 0.3 is 0 Å². The first-order chi connectivity index (χ1) is 17.5. The summed E-state index contributed by atoms with van der Waals surface area (Å²) >= 11 is 0. The van der Waals surface area contributed by atoms with E-state index in [1.54, 1.807) is 6.92 Å². The van der Waals surface area contributed by atoms with E-state index in [-0.39, 0.29) is 49.5 Å². The Morgan fingerprint density at radius 2 is 1.69 bits per heavy atom. The molecule has 198 valence electrons. The quantitative estimate of drug-likeness (QED) is 0.162. The lowest BCUT2D eigenvalue weighted by molar-refractivity contribution is -0.128. The summed E-state index contributed by atoms with van der Waals surface area (Å²) in [5, 5.41) is 4.64. The number of rotatable bonds is 18. The van der Waals surface area contributed by atoms with Gasteiger partial charge < -0.3 is 24.3 Å². The van der Waals surface area contributed by atoms with Crippen LogP contribution in [0.25, 0.3) is 0 Å². The largest absolute Gasteiger partial charge is 0.483 e. The Kier molecular flexibility index (Phi) is 12.5. The zero-order valence-electron chi connectivity index (χ0n) is 20.6. The van der Waals surface area contributed by atoms with Crippen molar-refractivity contribution in [3.8, 4) is 5.75 Å². The van der Waals surface area contributed by atoms with Gasteiger partial charge in [-0.15, -0.1) is 0 Å². The van der Waals surface area contributed by atoms with Crippen molar-refractivity contribution < 1.29 is 42.9 Å². The molecule has 12 nitrogen and oxygen atoms in total. The third-order valence-corrected chi connectivity index (χ3v) is 5.16. The van der Waals surface area contributed by atoms with Gasteiger partial charge in [-0.1, -0.05) is 19.4 Å². The summed E-state index contributed by atoms with van der Waals surface area (Å²) in [6, 6.07) is 3.29. The highest BCUT2D eigenvalue weighted by atomic mass is 16.5. The number of amides is 5. The normalized spacial score (nSPS) is 13.3. The molecule has 2 N–H and O–H groups in total. The lowest BCUT2D eigenvalue weighted by Crippen LogP contribution is -2.49. The van der Waals surface area contributed by atoms with Crippen LogP contribution in [0.1, 0.15) is 47.4 Å². The average molecular weight is 508 g/mol. The molecule has 0 aromatic heterocycles. The van der Waals surface area contributed by atoms with Gasteiger partial charge in [0.2, 0.25) is 12.3 Å². The van der Waals surface area contributed by atoms with Crippen molar-refractivity contribution in [1.29, 1.82) is 0 Å². The van der Waals surface area contributed by atoms with Crippen LogP contribution in [0.3, 0.4) is 0 Å². The van der Waals surface area contributed by atoms with E-state index in [1.165, 1.54) is 18.2 Å². The van der Waals surface area contributed by atoms with Crippen LogP contribution in [-0.4, -0.2) is 93.8 Å². The Morgan fingerprint density at radius 1 is 1.00 bits per heavy atom. The molecular weight excluding hydrogens is 474 g/mol. The van der Waals surface area contributed by atoms with Crippen LogP contribution in [0.15, 0.2) is 18.2 Å². The molecule has 0 saturated heterocycles. The van der Waals surface area contributed by atoms with Gasteiger partial charge in [-0.3, -0.25) is 34.2 Å². The number of hydrogen-bond acceptors (Lipinski definition) is 9. The van der Waals surface area contributed by atoms with E-state index in [2.05, 4.69) is 5.32 Å². The molecule has 1 aromatic rings. The van der Waals surface area contributed by atoms with Crippen molar-refractivity contribution in [3.05, 3.63) is 29.3 Å². The molecule has 1 aliphatic heterocycles. The minimum Gasteiger partial charge on any atom is -0.483 e. The van der Waals surface area contributed by atoms with Crippen LogP contribution in [0.4, 0.5) is 0 Å². The number of hydrogen-bond donors (Lipinski definition) is 2. The van der Waals surface area contributed by atoms with Crippen LogP contribution >= 0.6 is 0 Å². The second-order valence-corrected chi connectivity index (χ2v) is 7.65. The second kappa shape index (κ2) is 15.6. The highest BCUT2D eigenvalue weighted by molar-refractivity contribution is 6.24. The fourth-order valence-electron chi connectivity index (χ4n) is 3.52. The number of benzene rings is 1. The van der Waals surface area contributed by atoms with Gasteiger partial charge in [0.25, 0.3) is 17.7 Å². The molecule has 1 unspecified atom stereocenters. The zero-order valence-corrected chi connectivity index (χ0v) is 20.6. The van der Waals surface area contributed by atoms with Crippen LogP contribution in [0, 0.1) is 0 Å². The Hall–Kier alpha value is -3.35. The van der Waals surface area contributed by atoms with Crippen LogP contribution in [0.2, 0.25) is 0 Å².